The summed E-state index contributed by atoms with van der Waals surface area (Å²) < 4.78 is 0. The summed E-state index contributed by atoms with van der Waals surface area (Å²) in [5.74, 6) is 1.45. The van der Waals surface area contributed by atoms with Crippen LogP contribution >= 0.6 is 0 Å². The number of unbranched alkanes of at least 4 members (excludes halogenated alkanes) is 1. The topological polar surface area (TPSA) is 37.3 Å². The fourth-order valence-electron chi connectivity index (χ4n) is 3.09. The summed E-state index contributed by atoms with van der Waals surface area (Å²) in [6, 6.07) is 0. The van der Waals surface area contributed by atoms with Crippen LogP contribution in [-0.4, -0.2) is 17.0 Å². The van der Waals surface area contributed by atoms with Crippen LogP contribution in [0.25, 0.3) is 0 Å². The Balaban J connectivity index is 2.00. The predicted molar refractivity (Wildman–Crippen MR) is 50.2 cm³/mol. The zero-order valence-electron chi connectivity index (χ0n) is 8.20. The largest absolute Gasteiger partial charge is 0.393 e. The van der Waals surface area contributed by atoms with Gasteiger partial charge in [0.05, 0.1) is 6.10 Å². The molecule has 0 aliphatic heterocycles. The van der Waals surface area contributed by atoms with Crippen LogP contribution in [0.15, 0.2) is 0 Å². The lowest BCUT2D eigenvalue weighted by Gasteiger charge is -2.15. The van der Waals surface area contributed by atoms with Gasteiger partial charge in [-0.05, 0) is 24.7 Å². The highest BCUT2D eigenvalue weighted by Crippen LogP contribution is 2.49. The van der Waals surface area contributed by atoms with Crippen LogP contribution in [0.4, 0.5) is 0 Å². The van der Waals surface area contributed by atoms with Crippen LogP contribution in [0.5, 0.6) is 0 Å². The second-order valence-electron chi connectivity index (χ2n) is 4.55. The minimum absolute atomic E-state index is 0.176. The van der Waals surface area contributed by atoms with Crippen molar-refractivity contribution in [3.8, 4) is 0 Å². The number of ketones is 1. The highest BCUT2D eigenvalue weighted by molar-refractivity contribution is 5.85. The highest BCUT2D eigenvalue weighted by atomic mass is 16.3. The van der Waals surface area contributed by atoms with Gasteiger partial charge in [-0.25, -0.2) is 0 Å². The summed E-state index contributed by atoms with van der Waals surface area (Å²) in [4.78, 5) is 11.4. The Hall–Kier alpha value is -0.370. The van der Waals surface area contributed by atoms with Crippen molar-refractivity contribution in [2.24, 2.45) is 17.8 Å². The van der Waals surface area contributed by atoms with E-state index in [1.165, 1.54) is 12.8 Å². The number of fused-ring (bicyclic) bond motifs is 2. The van der Waals surface area contributed by atoms with Gasteiger partial charge in [-0.15, -0.1) is 0 Å². The van der Waals surface area contributed by atoms with Gasteiger partial charge in [0.2, 0.25) is 0 Å². The molecule has 0 aromatic carbocycles. The normalized spacial score (nSPS) is 43.1. The molecule has 0 spiro atoms. The molecule has 2 saturated carbocycles. The van der Waals surface area contributed by atoms with E-state index in [0.29, 0.717) is 24.0 Å². The van der Waals surface area contributed by atoms with Gasteiger partial charge in [0.25, 0.3) is 0 Å². The zero-order chi connectivity index (χ0) is 9.42. The number of aliphatic hydroxyl groups is 1. The van der Waals surface area contributed by atoms with Gasteiger partial charge < -0.3 is 5.11 Å². The van der Waals surface area contributed by atoms with Crippen LogP contribution in [0.1, 0.15) is 39.0 Å². The van der Waals surface area contributed by atoms with Crippen molar-refractivity contribution in [1.82, 2.24) is 0 Å². The van der Waals surface area contributed by atoms with E-state index in [-0.39, 0.29) is 12.0 Å². The van der Waals surface area contributed by atoms with Crippen LogP contribution < -0.4 is 0 Å². The van der Waals surface area contributed by atoms with E-state index in [2.05, 4.69) is 6.92 Å². The summed E-state index contributed by atoms with van der Waals surface area (Å²) >= 11 is 0. The third-order valence-electron chi connectivity index (χ3n) is 3.80. The molecule has 1 N–H and O–H groups in total. The monoisotopic (exact) mass is 182 g/mol. The second kappa shape index (κ2) is 3.41. The van der Waals surface area contributed by atoms with Crippen molar-refractivity contribution in [2.75, 3.05) is 0 Å². The third-order valence-corrected chi connectivity index (χ3v) is 3.80. The molecule has 2 aliphatic carbocycles. The van der Waals surface area contributed by atoms with E-state index < -0.39 is 0 Å². The first-order valence-corrected chi connectivity index (χ1v) is 5.44. The second-order valence-corrected chi connectivity index (χ2v) is 4.55. The molecule has 0 aromatic heterocycles. The molecule has 4 atom stereocenters. The summed E-state index contributed by atoms with van der Waals surface area (Å²) in [5, 5.41) is 9.65. The molecule has 2 fully saturated rings. The predicted octanol–water partition coefficient (Wildman–Crippen LogP) is 1.76. The lowest BCUT2D eigenvalue weighted by molar-refractivity contribution is -0.123. The van der Waals surface area contributed by atoms with Crippen molar-refractivity contribution in [1.29, 1.82) is 0 Å². The quantitative estimate of drug-likeness (QED) is 0.722. The van der Waals surface area contributed by atoms with E-state index >= 15 is 0 Å². The molecule has 74 valence electrons. The van der Waals surface area contributed by atoms with E-state index in [4.69, 9.17) is 0 Å². The van der Waals surface area contributed by atoms with Gasteiger partial charge in [-0.3, -0.25) is 4.79 Å². The summed E-state index contributed by atoms with van der Waals surface area (Å²) in [7, 11) is 0. The molecule has 2 nitrogen and oxygen atoms in total. The minimum Gasteiger partial charge on any atom is -0.393 e. The van der Waals surface area contributed by atoms with E-state index in [9.17, 15) is 9.90 Å². The van der Waals surface area contributed by atoms with E-state index in [0.717, 1.165) is 12.8 Å². The Morgan fingerprint density at radius 2 is 2.31 bits per heavy atom. The first kappa shape index (κ1) is 9.20. The lowest BCUT2D eigenvalue weighted by atomic mass is 9.92. The summed E-state index contributed by atoms with van der Waals surface area (Å²) in [6.07, 6.45) is 4.77. The van der Waals surface area contributed by atoms with E-state index in [1.807, 2.05) is 0 Å². The molecule has 2 rings (SSSR count). The maximum absolute atomic E-state index is 11.4. The number of carbonyl (C=O) groups is 1. The molecular formula is C11H18O2. The average molecular weight is 182 g/mol. The summed E-state index contributed by atoms with van der Waals surface area (Å²) in [5.41, 5.74) is 0. The van der Waals surface area contributed by atoms with E-state index in [1.54, 1.807) is 0 Å². The molecule has 2 aliphatic rings. The molecule has 2 heteroatoms. The molecule has 0 amide bonds. The molecule has 0 saturated heterocycles. The van der Waals surface area contributed by atoms with Gasteiger partial charge in [-0.1, -0.05) is 19.8 Å². The molecule has 4 unspecified atom stereocenters. The van der Waals surface area contributed by atoms with Gasteiger partial charge >= 0.3 is 0 Å². The fraction of sp³-hybridized carbons (Fsp3) is 0.909. The number of rotatable bonds is 3. The number of hydrogen-bond acceptors (Lipinski definition) is 2. The van der Waals surface area contributed by atoms with Gasteiger partial charge in [0.1, 0.15) is 5.78 Å². The zero-order valence-corrected chi connectivity index (χ0v) is 8.20. The Kier molecular flexibility index (Phi) is 2.41. The van der Waals surface area contributed by atoms with Gasteiger partial charge in [-0.2, -0.15) is 0 Å². The smallest absolute Gasteiger partial charge is 0.136 e. The molecule has 0 radical (unpaired) electrons. The molecule has 0 heterocycles. The van der Waals surface area contributed by atoms with Crippen molar-refractivity contribution in [3.63, 3.8) is 0 Å². The highest BCUT2D eigenvalue weighted by Gasteiger charge is 2.51. The minimum atomic E-state index is -0.176. The first-order valence-electron chi connectivity index (χ1n) is 5.44. The third kappa shape index (κ3) is 1.41. The molecule has 13 heavy (non-hydrogen) atoms. The maximum Gasteiger partial charge on any atom is 0.136 e. The Labute approximate surface area is 79.3 Å². The fourth-order valence-corrected chi connectivity index (χ4v) is 3.09. The van der Waals surface area contributed by atoms with Crippen LogP contribution in [0, 0.1) is 17.8 Å². The van der Waals surface area contributed by atoms with Crippen molar-refractivity contribution in [2.45, 2.75) is 45.1 Å². The maximum atomic E-state index is 11.4. The number of aliphatic hydroxyl groups excluding tert-OH is 1. The van der Waals surface area contributed by atoms with Crippen LogP contribution in [0.2, 0.25) is 0 Å². The molecular weight excluding hydrogens is 164 g/mol. The van der Waals surface area contributed by atoms with Crippen molar-refractivity contribution in [3.05, 3.63) is 0 Å². The van der Waals surface area contributed by atoms with Crippen LogP contribution in [0.3, 0.4) is 0 Å². The van der Waals surface area contributed by atoms with Crippen molar-refractivity contribution >= 4 is 5.78 Å². The number of carbonyl (C=O) groups excluding carboxylic acids is 1. The number of hydrogen-bond donors (Lipinski definition) is 1. The Morgan fingerprint density at radius 3 is 2.85 bits per heavy atom. The summed E-state index contributed by atoms with van der Waals surface area (Å²) in [6.45, 7) is 2.18. The Bertz CT molecular complexity index is 212. The Morgan fingerprint density at radius 1 is 1.54 bits per heavy atom. The first-order chi connectivity index (χ1) is 6.24. The SMILES string of the molecule is CCCCC1C2CC(O)C1CC2=O. The molecule has 2 bridgehead atoms. The lowest BCUT2D eigenvalue weighted by Crippen LogP contribution is -2.21. The standard InChI is InChI=1S/C11H18O2/c1-2-3-4-7-8-5-10(12)9(7)6-11(8)13/h7-10,12H,2-6H2,1H3. The average Bonchev–Trinajstić information content (AvgIpc) is 2.55. The van der Waals surface area contributed by atoms with Gasteiger partial charge in [0.15, 0.2) is 0 Å². The molecule has 0 aromatic rings. The van der Waals surface area contributed by atoms with Crippen molar-refractivity contribution < 1.29 is 9.90 Å². The van der Waals surface area contributed by atoms with Gasteiger partial charge in [0, 0.05) is 12.3 Å². The van der Waals surface area contributed by atoms with Crippen LogP contribution in [-0.2, 0) is 4.79 Å². The number of Topliss-reactive ketones (excluding diaryl/α,β-unsaturated/α-hetero) is 1.